The summed E-state index contributed by atoms with van der Waals surface area (Å²) in [7, 11) is 1.85. The van der Waals surface area contributed by atoms with E-state index in [0.717, 1.165) is 29.6 Å². The smallest absolute Gasteiger partial charge is 0.246 e. The van der Waals surface area contributed by atoms with Crippen molar-refractivity contribution in [3.63, 3.8) is 0 Å². The number of aryl methyl sites for hydroxylation is 2. The maximum Gasteiger partial charge on any atom is 0.246 e. The van der Waals surface area contributed by atoms with Gasteiger partial charge in [-0.2, -0.15) is 5.10 Å². The van der Waals surface area contributed by atoms with Gasteiger partial charge in [0, 0.05) is 38.6 Å². The Hall–Kier alpha value is -2.17. The van der Waals surface area contributed by atoms with E-state index in [0.29, 0.717) is 26.2 Å². The lowest BCUT2D eigenvalue weighted by molar-refractivity contribution is -0.120. The van der Waals surface area contributed by atoms with Crippen molar-refractivity contribution in [3.05, 3.63) is 42.0 Å². The van der Waals surface area contributed by atoms with E-state index >= 15 is 0 Å². The predicted octanol–water partition coefficient (Wildman–Crippen LogP) is 1.56. The number of guanidine groups is 1. The third kappa shape index (κ3) is 5.41. The lowest BCUT2D eigenvalue weighted by atomic mass is 10.3. The maximum atomic E-state index is 12.6. The molecule has 0 radical (unpaired) electrons. The van der Waals surface area contributed by atoms with Crippen LogP contribution < -0.4 is 10.2 Å². The Morgan fingerprint density at radius 2 is 2.15 bits per heavy atom. The fourth-order valence-corrected chi connectivity index (χ4v) is 2.94. The number of rotatable bonds is 4. The van der Waals surface area contributed by atoms with Crippen molar-refractivity contribution in [2.75, 3.05) is 31.1 Å². The molecule has 1 saturated heterocycles. The Morgan fingerprint density at radius 1 is 1.33 bits per heavy atom. The molecule has 0 bridgehead atoms. The number of pyridine rings is 1. The van der Waals surface area contributed by atoms with Crippen molar-refractivity contribution < 1.29 is 4.79 Å². The normalized spacial score (nSPS) is 14.9. The van der Waals surface area contributed by atoms with E-state index in [4.69, 9.17) is 0 Å². The Labute approximate surface area is 176 Å². The van der Waals surface area contributed by atoms with E-state index in [1.165, 1.54) is 0 Å². The van der Waals surface area contributed by atoms with Gasteiger partial charge < -0.3 is 15.1 Å². The van der Waals surface area contributed by atoms with Crippen LogP contribution in [-0.2, 0) is 18.4 Å². The minimum Gasteiger partial charge on any atom is -0.356 e. The van der Waals surface area contributed by atoms with Gasteiger partial charge in [-0.05, 0) is 26.0 Å². The number of aromatic nitrogens is 3. The third-order valence-electron chi connectivity index (χ3n) is 4.19. The number of nitrogens with zero attached hydrogens (tertiary/aromatic N) is 6. The molecule has 3 rings (SSSR count). The van der Waals surface area contributed by atoms with Crippen LogP contribution in [0.15, 0.2) is 35.6 Å². The number of aliphatic imine (C=N–C) groups is 1. The summed E-state index contributed by atoms with van der Waals surface area (Å²) in [5.41, 5.74) is 2.73. The maximum absolute atomic E-state index is 12.6. The van der Waals surface area contributed by atoms with Crippen LogP contribution in [0.1, 0.15) is 18.3 Å². The largest absolute Gasteiger partial charge is 0.356 e. The first-order valence-corrected chi connectivity index (χ1v) is 8.81. The van der Waals surface area contributed by atoms with Crippen LogP contribution in [0.25, 0.3) is 0 Å². The number of hydrogen-bond acceptors (Lipinski definition) is 4. The minimum absolute atomic E-state index is 0. The summed E-state index contributed by atoms with van der Waals surface area (Å²) in [6, 6.07) is 5.91. The number of amides is 1. The molecular weight excluding hydrogens is 457 g/mol. The summed E-state index contributed by atoms with van der Waals surface area (Å²) in [6.07, 6.45) is 3.58. The number of carbonyl (C=O) groups is 1. The summed E-state index contributed by atoms with van der Waals surface area (Å²) in [5, 5.41) is 7.42. The lowest BCUT2D eigenvalue weighted by Gasteiger charge is -2.35. The molecule has 0 spiro atoms. The Morgan fingerprint density at radius 3 is 2.78 bits per heavy atom. The lowest BCUT2D eigenvalue weighted by Crippen LogP contribution is -2.55. The second kappa shape index (κ2) is 9.67. The van der Waals surface area contributed by atoms with Gasteiger partial charge >= 0.3 is 0 Å². The highest BCUT2D eigenvalue weighted by Gasteiger charge is 2.27. The van der Waals surface area contributed by atoms with Gasteiger partial charge in [-0.3, -0.25) is 14.5 Å². The standard InChI is InChI=1S/C18H25N7O.HI/c1-4-19-18(20-10-15-7-5-6-14(2)22-15)24-8-9-25(17(26)13-24)16-11-21-23(3)12-16;/h5-7,11-12H,4,8-10,13H2,1-3H3,(H,19,20);1H. The molecule has 1 aliphatic rings. The molecule has 3 heterocycles. The number of hydrogen-bond donors (Lipinski definition) is 1. The van der Waals surface area contributed by atoms with Crippen molar-refractivity contribution >= 4 is 41.5 Å². The van der Waals surface area contributed by atoms with Crippen molar-refractivity contribution in [1.29, 1.82) is 0 Å². The van der Waals surface area contributed by atoms with Gasteiger partial charge in [0.25, 0.3) is 0 Å². The van der Waals surface area contributed by atoms with E-state index in [9.17, 15) is 4.79 Å². The molecule has 1 N–H and O–H groups in total. The number of piperazine rings is 1. The van der Waals surface area contributed by atoms with Crippen molar-refractivity contribution in [2.45, 2.75) is 20.4 Å². The molecule has 0 atom stereocenters. The average molecular weight is 483 g/mol. The highest BCUT2D eigenvalue weighted by Crippen LogP contribution is 2.16. The Balaban J connectivity index is 0.00000261. The number of anilines is 1. The summed E-state index contributed by atoms with van der Waals surface area (Å²) in [6.45, 7) is 6.84. The van der Waals surface area contributed by atoms with Crippen LogP contribution in [0, 0.1) is 6.92 Å². The molecule has 1 amide bonds. The zero-order valence-electron chi connectivity index (χ0n) is 15.9. The van der Waals surface area contributed by atoms with Crippen molar-refractivity contribution in [1.82, 2.24) is 25.0 Å². The van der Waals surface area contributed by atoms with Gasteiger partial charge in [-0.25, -0.2) is 4.99 Å². The second-order valence-electron chi connectivity index (χ2n) is 6.28. The molecule has 146 valence electrons. The molecule has 0 aromatic carbocycles. The molecule has 1 aliphatic heterocycles. The molecule has 2 aromatic rings. The van der Waals surface area contributed by atoms with Crippen LogP contribution in [0.4, 0.5) is 5.69 Å². The van der Waals surface area contributed by atoms with E-state index in [2.05, 4.69) is 20.4 Å². The molecular formula is C18H26IN7O. The van der Waals surface area contributed by atoms with Crippen molar-refractivity contribution in [2.24, 2.45) is 12.0 Å². The number of nitrogens with one attached hydrogen (secondary N) is 1. The first-order chi connectivity index (χ1) is 12.6. The zero-order chi connectivity index (χ0) is 18.5. The highest BCUT2D eigenvalue weighted by molar-refractivity contribution is 14.0. The summed E-state index contributed by atoms with van der Waals surface area (Å²) >= 11 is 0. The molecule has 8 nitrogen and oxygen atoms in total. The van der Waals surface area contributed by atoms with Crippen molar-refractivity contribution in [3.8, 4) is 0 Å². The summed E-state index contributed by atoms with van der Waals surface area (Å²) in [5.74, 6) is 0.790. The van der Waals surface area contributed by atoms with Gasteiger partial charge in [0.1, 0.15) is 6.54 Å². The van der Waals surface area contributed by atoms with E-state index in [-0.39, 0.29) is 29.9 Å². The SMILES string of the molecule is CCNC(=NCc1cccc(C)n1)N1CCN(c2cnn(C)c2)C(=O)C1.I. The number of halogens is 1. The third-order valence-corrected chi connectivity index (χ3v) is 4.19. The van der Waals surface area contributed by atoms with E-state index in [1.807, 2.05) is 50.2 Å². The van der Waals surface area contributed by atoms with E-state index < -0.39 is 0 Å². The summed E-state index contributed by atoms with van der Waals surface area (Å²) in [4.78, 5) is 25.5. The monoisotopic (exact) mass is 483 g/mol. The minimum atomic E-state index is 0. The van der Waals surface area contributed by atoms with Gasteiger partial charge in [0.05, 0.1) is 24.1 Å². The summed E-state index contributed by atoms with van der Waals surface area (Å²) < 4.78 is 1.70. The van der Waals surface area contributed by atoms with Crippen LogP contribution >= 0.6 is 24.0 Å². The van der Waals surface area contributed by atoms with E-state index in [1.54, 1.807) is 15.8 Å². The molecule has 0 aliphatic carbocycles. The fraction of sp³-hybridized carbons (Fsp3) is 0.444. The first-order valence-electron chi connectivity index (χ1n) is 8.81. The number of carbonyl (C=O) groups excluding carboxylic acids is 1. The molecule has 0 saturated carbocycles. The van der Waals surface area contributed by atoms with Gasteiger partial charge in [0.15, 0.2) is 5.96 Å². The van der Waals surface area contributed by atoms with Crippen LogP contribution in [-0.4, -0.2) is 57.7 Å². The zero-order valence-corrected chi connectivity index (χ0v) is 18.3. The van der Waals surface area contributed by atoms with Crippen LogP contribution in [0.2, 0.25) is 0 Å². The molecule has 2 aromatic heterocycles. The second-order valence-corrected chi connectivity index (χ2v) is 6.28. The predicted molar refractivity (Wildman–Crippen MR) is 116 cm³/mol. The molecule has 9 heteroatoms. The Kier molecular flexibility index (Phi) is 7.57. The average Bonchev–Trinajstić information content (AvgIpc) is 3.04. The van der Waals surface area contributed by atoms with Gasteiger partial charge in [0.2, 0.25) is 5.91 Å². The quantitative estimate of drug-likeness (QED) is 0.406. The molecule has 0 unspecified atom stereocenters. The Bertz CT molecular complexity index is 805. The fourth-order valence-electron chi connectivity index (χ4n) is 2.94. The molecule has 1 fully saturated rings. The van der Waals surface area contributed by atoms with Crippen LogP contribution in [0.5, 0.6) is 0 Å². The van der Waals surface area contributed by atoms with Crippen LogP contribution in [0.3, 0.4) is 0 Å². The van der Waals surface area contributed by atoms with Gasteiger partial charge in [-0.1, -0.05) is 6.07 Å². The molecule has 27 heavy (non-hydrogen) atoms. The first kappa shape index (κ1) is 21.1. The highest BCUT2D eigenvalue weighted by atomic mass is 127. The topological polar surface area (TPSA) is 78.7 Å². The van der Waals surface area contributed by atoms with Gasteiger partial charge in [-0.15, -0.1) is 24.0 Å².